The number of rotatable bonds is 5. The number of aliphatic hydroxyl groups excluding tert-OH is 1. The summed E-state index contributed by atoms with van der Waals surface area (Å²) < 4.78 is 12.3. The number of cyclic esters (lactones) is 1. The van der Waals surface area contributed by atoms with Crippen LogP contribution in [0.15, 0.2) is 54.6 Å². The highest BCUT2D eigenvalue weighted by Crippen LogP contribution is 2.53. The average molecular weight is 606 g/mol. The molecule has 1 spiro atoms. The maximum absolute atomic E-state index is 14.6. The number of nitrogens with one attached hydrogen (secondary N) is 1. The Morgan fingerprint density at radius 3 is 2.55 bits per heavy atom. The number of hydrogen-bond donors (Lipinski definition) is 2. The lowest BCUT2D eigenvalue weighted by Crippen LogP contribution is -2.59. The number of aliphatic hydroxyl groups is 1. The molecule has 0 aromatic heterocycles. The normalized spacial score (nSPS) is 34.5. The van der Waals surface area contributed by atoms with Gasteiger partial charge in [-0.05, 0) is 31.2 Å². The number of nitrogens with zero attached hydrogens (tertiary/aromatic N) is 2. The van der Waals surface area contributed by atoms with Gasteiger partial charge >= 0.3 is 5.97 Å². The molecule has 10 heteroatoms. The van der Waals surface area contributed by atoms with E-state index in [-0.39, 0.29) is 43.5 Å². The van der Waals surface area contributed by atoms with Gasteiger partial charge in [0.2, 0.25) is 17.7 Å². The number of benzene rings is 1. The zero-order chi connectivity index (χ0) is 30.8. The number of fused-ring (bicyclic) bond motifs is 2. The monoisotopic (exact) mass is 605 g/mol. The fourth-order valence-corrected chi connectivity index (χ4v) is 7.92. The van der Waals surface area contributed by atoms with Gasteiger partial charge < -0.3 is 29.7 Å². The number of hydrogen-bond acceptors (Lipinski definition) is 7. The van der Waals surface area contributed by atoms with Crippen LogP contribution >= 0.6 is 0 Å². The third-order valence-electron chi connectivity index (χ3n) is 10.1. The van der Waals surface area contributed by atoms with Crippen molar-refractivity contribution in [3.8, 4) is 0 Å². The summed E-state index contributed by atoms with van der Waals surface area (Å²) in [7, 11) is 0. The molecule has 1 aromatic carbocycles. The smallest absolute Gasteiger partial charge is 0.306 e. The molecular weight excluding hydrogens is 562 g/mol. The molecule has 3 amide bonds. The molecule has 2 saturated heterocycles. The van der Waals surface area contributed by atoms with Crippen LogP contribution in [-0.4, -0.2) is 88.2 Å². The summed E-state index contributed by atoms with van der Waals surface area (Å²) in [5.74, 6) is -3.24. The molecule has 5 aliphatic rings. The molecule has 7 atom stereocenters. The lowest BCUT2D eigenvalue weighted by atomic mass is 9.77. The summed E-state index contributed by atoms with van der Waals surface area (Å²) in [4.78, 5) is 59.4. The first kappa shape index (κ1) is 30.5. The van der Waals surface area contributed by atoms with Gasteiger partial charge in [-0.25, -0.2) is 0 Å². The number of allylic oxidation sites excluding steroid dienone is 1. The first-order valence-corrected chi connectivity index (χ1v) is 16.2. The Labute approximate surface area is 258 Å². The molecule has 1 aliphatic carbocycles. The van der Waals surface area contributed by atoms with E-state index in [9.17, 15) is 24.3 Å². The van der Waals surface area contributed by atoms with Crippen LogP contribution in [-0.2, 0) is 28.7 Å². The van der Waals surface area contributed by atoms with Gasteiger partial charge in [0.1, 0.15) is 18.2 Å². The molecule has 10 nitrogen and oxygen atoms in total. The average Bonchev–Trinajstić information content (AvgIpc) is 3.43. The molecule has 0 unspecified atom stereocenters. The highest BCUT2D eigenvalue weighted by atomic mass is 16.5. The maximum Gasteiger partial charge on any atom is 0.306 e. The summed E-state index contributed by atoms with van der Waals surface area (Å²) in [6.45, 7) is 1.93. The summed E-state index contributed by atoms with van der Waals surface area (Å²) in [5, 5.41) is 13.5. The van der Waals surface area contributed by atoms with Crippen LogP contribution in [0, 0.1) is 11.8 Å². The SMILES string of the molecule is CC[C@@H](CO)N1C(=O)[C@@H]2[C@H]3C(=O)N[C@H](c4ccccc4)COC(=O)CC/C=C\[C@H]3O[C@@]23C=CCN(C2CCCCC2)C(=O)[C@@H]13. The van der Waals surface area contributed by atoms with Crippen LogP contribution in [0.1, 0.15) is 69.9 Å². The first-order chi connectivity index (χ1) is 21.4. The number of carbonyl (C=O) groups excluding carboxylic acids is 4. The molecule has 6 rings (SSSR count). The van der Waals surface area contributed by atoms with Gasteiger partial charge in [0.05, 0.1) is 36.6 Å². The number of ether oxygens (including phenoxy) is 2. The van der Waals surface area contributed by atoms with Gasteiger partial charge in [-0.1, -0.05) is 80.8 Å². The van der Waals surface area contributed by atoms with Gasteiger partial charge in [0.15, 0.2) is 0 Å². The second-order valence-electron chi connectivity index (χ2n) is 12.6. The van der Waals surface area contributed by atoms with E-state index in [2.05, 4.69) is 5.32 Å². The number of likely N-dealkylation sites (tertiary alicyclic amines) is 1. The van der Waals surface area contributed by atoms with E-state index in [1.165, 1.54) is 4.90 Å². The Morgan fingerprint density at radius 2 is 1.82 bits per heavy atom. The van der Waals surface area contributed by atoms with Crippen molar-refractivity contribution in [3.05, 3.63) is 60.2 Å². The van der Waals surface area contributed by atoms with Crippen molar-refractivity contribution in [2.24, 2.45) is 11.8 Å². The minimum Gasteiger partial charge on any atom is -0.463 e. The molecule has 2 N–H and O–H groups in total. The molecule has 0 radical (unpaired) electrons. The van der Waals surface area contributed by atoms with Crippen molar-refractivity contribution in [3.63, 3.8) is 0 Å². The number of esters is 1. The predicted octanol–water partition coefficient (Wildman–Crippen LogP) is 2.82. The summed E-state index contributed by atoms with van der Waals surface area (Å²) in [6, 6.07) is 7.11. The van der Waals surface area contributed by atoms with Crippen LogP contribution in [0.4, 0.5) is 0 Å². The topological polar surface area (TPSA) is 125 Å². The van der Waals surface area contributed by atoms with Crippen LogP contribution < -0.4 is 5.32 Å². The molecule has 1 aromatic rings. The second kappa shape index (κ2) is 12.9. The lowest BCUT2D eigenvalue weighted by Gasteiger charge is -2.41. The van der Waals surface area contributed by atoms with E-state index in [0.29, 0.717) is 19.4 Å². The van der Waals surface area contributed by atoms with Crippen molar-refractivity contribution >= 4 is 23.7 Å². The van der Waals surface area contributed by atoms with Gasteiger partial charge in [0, 0.05) is 19.0 Å². The summed E-state index contributed by atoms with van der Waals surface area (Å²) in [6.07, 6.45) is 12.6. The molecule has 1 saturated carbocycles. The molecule has 4 heterocycles. The Balaban J connectivity index is 1.42. The van der Waals surface area contributed by atoms with Crippen molar-refractivity contribution in [1.29, 1.82) is 0 Å². The maximum atomic E-state index is 14.6. The third-order valence-corrected chi connectivity index (χ3v) is 10.1. The van der Waals surface area contributed by atoms with E-state index in [1.54, 1.807) is 12.2 Å². The minimum atomic E-state index is -1.38. The highest BCUT2D eigenvalue weighted by Gasteiger charge is 2.72. The summed E-state index contributed by atoms with van der Waals surface area (Å²) in [5.41, 5.74) is -0.617. The van der Waals surface area contributed by atoms with Crippen molar-refractivity contribution in [2.45, 2.75) is 94.2 Å². The van der Waals surface area contributed by atoms with Crippen molar-refractivity contribution in [2.75, 3.05) is 19.8 Å². The minimum absolute atomic E-state index is 0.0494. The van der Waals surface area contributed by atoms with Crippen molar-refractivity contribution < 1.29 is 33.8 Å². The molecule has 0 bridgehead atoms. The Morgan fingerprint density at radius 1 is 1.05 bits per heavy atom. The van der Waals surface area contributed by atoms with E-state index >= 15 is 0 Å². The van der Waals surface area contributed by atoms with Gasteiger partial charge in [0.25, 0.3) is 0 Å². The van der Waals surface area contributed by atoms with Gasteiger partial charge in [-0.2, -0.15) is 0 Å². The standard InChI is InChI=1S/C34H43N3O7/c1-2-23(20-38)37-30-33(42)36(24-14-7-4-8-15-24)19-11-18-34(30)29(32(37)41)28-26(44-34)16-9-10-17-27(39)43-21-25(35-31(28)40)22-12-5-3-6-13-22/h3,5-6,9,11-13,16,18,23-26,28-30,38H,2,4,7-8,10,14-15,17,19-21H2,1H3,(H,35,40)/b16-9-/t23-,25-,26+,28-,29-,30+,34-/m0/s1. The van der Waals surface area contributed by atoms with Crippen LogP contribution in [0.25, 0.3) is 0 Å². The zero-order valence-electron chi connectivity index (χ0n) is 25.3. The largest absolute Gasteiger partial charge is 0.463 e. The second-order valence-corrected chi connectivity index (χ2v) is 12.6. The Kier molecular flexibility index (Phi) is 8.91. The van der Waals surface area contributed by atoms with Crippen LogP contribution in [0.3, 0.4) is 0 Å². The Hall–Kier alpha value is -3.50. The fourth-order valence-electron chi connectivity index (χ4n) is 7.92. The van der Waals surface area contributed by atoms with Gasteiger partial charge in [-0.15, -0.1) is 0 Å². The number of carbonyl (C=O) groups is 4. The number of amides is 3. The van der Waals surface area contributed by atoms with E-state index in [1.807, 2.05) is 54.3 Å². The highest BCUT2D eigenvalue weighted by molar-refractivity contribution is 6.00. The quantitative estimate of drug-likeness (QED) is 0.391. The van der Waals surface area contributed by atoms with E-state index in [0.717, 1.165) is 37.7 Å². The van der Waals surface area contributed by atoms with Crippen molar-refractivity contribution in [1.82, 2.24) is 15.1 Å². The molecule has 3 fully saturated rings. The van der Waals surface area contributed by atoms with E-state index < -0.39 is 47.6 Å². The van der Waals surface area contributed by atoms with Crippen LogP contribution in [0.5, 0.6) is 0 Å². The van der Waals surface area contributed by atoms with Crippen LogP contribution in [0.2, 0.25) is 0 Å². The molecule has 44 heavy (non-hydrogen) atoms. The van der Waals surface area contributed by atoms with E-state index in [4.69, 9.17) is 9.47 Å². The fraction of sp³-hybridized carbons (Fsp3) is 0.588. The molecule has 4 aliphatic heterocycles. The first-order valence-electron chi connectivity index (χ1n) is 16.2. The summed E-state index contributed by atoms with van der Waals surface area (Å²) >= 11 is 0. The lowest BCUT2D eigenvalue weighted by molar-refractivity contribution is -0.152. The zero-order valence-corrected chi connectivity index (χ0v) is 25.3. The Bertz CT molecular complexity index is 1300. The molecular formula is C34H43N3O7. The predicted molar refractivity (Wildman–Crippen MR) is 161 cm³/mol. The van der Waals surface area contributed by atoms with Gasteiger partial charge in [-0.3, -0.25) is 19.2 Å². The third kappa shape index (κ3) is 5.36. The molecule has 236 valence electrons.